The molecule has 1 N–H and O–H groups in total. The average molecular weight is 317 g/mol. The highest BCUT2D eigenvalue weighted by Gasteiger charge is 2.08. The first kappa shape index (κ1) is 16.4. The average Bonchev–Trinajstić information content (AvgIpc) is 2.88. The lowest BCUT2D eigenvalue weighted by Crippen LogP contribution is -2.38. The highest BCUT2D eigenvalue weighted by atomic mass is 32.1. The van der Waals surface area contributed by atoms with Crippen molar-refractivity contribution in [2.24, 2.45) is 4.99 Å². The number of pyridine rings is 1. The third-order valence-corrected chi connectivity index (χ3v) is 3.92. The van der Waals surface area contributed by atoms with E-state index in [1.165, 1.54) is 0 Å². The number of guanidine groups is 1. The lowest BCUT2D eigenvalue weighted by atomic mass is 10.3. The van der Waals surface area contributed by atoms with Gasteiger partial charge in [-0.2, -0.15) is 0 Å². The number of nitrogens with zero attached hydrogens (tertiary/aromatic N) is 4. The van der Waals surface area contributed by atoms with Crippen molar-refractivity contribution in [3.63, 3.8) is 0 Å². The van der Waals surface area contributed by atoms with Gasteiger partial charge in [0.15, 0.2) is 5.96 Å². The van der Waals surface area contributed by atoms with E-state index in [0.717, 1.165) is 41.1 Å². The molecule has 0 saturated heterocycles. The molecule has 0 saturated carbocycles. The Balaban J connectivity index is 2.05. The zero-order valence-electron chi connectivity index (χ0n) is 13.6. The smallest absolute Gasteiger partial charge is 0.194 e. The van der Waals surface area contributed by atoms with Gasteiger partial charge in [-0.1, -0.05) is 6.07 Å². The number of rotatable bonds is 5. The van der Waals surface area contributed by atoms with Crippen molar-refractivity contribution in [1.82, 2.24) is 20.2 Å². The monoisotopic (exact) mass is 317 g/mol. The molecule has 0 aromatic carbocycles. The molecule has 2 rings (SSSR count). The third-order valence-electron chi connectivity index (χ3n) is 3.10. The molecule has 0 fully saturated rings. The first-order valence-electron chi connectivity index (χ1n) is 7.41. The fraction of sp³-hybridized carbons (Fsp3) is 0.438. The molecule has 0 aliphatic rings. The van der Waals surface area contributed by atoms with Crippen LogP contribution in [0.3, 0.4) is 0 Å². The van der Waals surface area contributed by atoms with E-state index in [0.29, 0.717) is 6.54 Å². The molecule has 118 valence electrons. The summed E-state index contributed by atoms with van der Waals surface area (Å²) in [6, 6.07) is 6.01. The maximum Gasteiger partial charge on any atom is 0.194 e. The summed E-state index contributed by atoms with van der Waals surface area (Å²) in [5.41, 5.74) is 3.07. The van der Waals surface area contributed by atoms with E-state index in [-0.39, 0.29) is 0 Å². The van der Waals surface area contributed by atoms with E-state index in [1.54, 1.807) is 11.3 Å². The minimum absolute atomic E-state index is 0.574. The van der Waals surface area contributed by atoms with Gasteiger partial charge in [0.2, 0.25) is 0 Å². The summed E-state index contributed by atoms with van der Waals surface area (Å²) in [7, 11) is 2.03. The highest BCUT2D eigenvalue weighted by molar-refractivity contribution is 7.09. The summed E-state index contributed by atoms with van der Waals surface area (Å²) in [6.45, 7) is 8.25. The molecule has 6 heteroatoms. The number of aromatic nitrogens is 2. The van der Waals surface area contributed by atoms with Gasteiger partial charge in [0.25, 0.3) is 0 Å². The van der Waals surface area contributed by atoms with Crippen molar-refractivity contribution in [1.29, 1.82) is 0 Å². The Bertz CT molecular complexity index is 635. The zero-order valence-corrected chi connectivity index (χ0v) is 14.4. The van der Waals surface area contributed by atoms with E-state index < -0.39 is 0 Å². The lowest BCUT2D eigenvalue weighted by molar-refractivity contribution is 0.470. The van der Waals surface area contributed by atoms with Crippen LogP contribution in [-0.2, 0) is 13.1 Å². The van der Waals surface area contributed by atoms with E-state index in [4.69, 9.17) is 0 Å². The minimum atomic E-state index is 0.574. The van der Waals surface area contributed by atoms with Crippen LogP contribution in [-0.4, -0.2) is 34.4 Å². The Morgan fingerprint density at radius 2 is 2.09 bits per heavy atom. The Kier molecular flexibility index (Phi) is 5.89. The van der Waals surface area contributed by atoms with Crippen molar-refractivity contribution >= 4 is 17.3 Å². The van der Waals surface area contributed by atoms with Gasteiger partial charge in [-0.25, -0.2) is 9.98 Å². The van der Waals surface area contributed by atoms with Gasteiger partial charge in [-0.3, -0.25) is 4.98 Å². The summed E-state index contributed by atoms with van der Waals surface area (Å²) in [5, 5.41) is 6.50. The standard InChI is InChI=1S/C16H23N5S/c1-5-17-16(18-9-14-8-6-7-12(2)19-14)21(4)10-15-11-22-13(3)20-15/h6-8,11H,5,9-10H2,1-4H3,(H,17,18). The summed E-state index contributed by atoms with van der Waals surface area (Å²) in [6.07, 6.45) is 0. The molecule has 0 bridgehead atoms. The predicted molar refractivity (Wildman–Crippen MR) is 92.1 cm³/mol. The molecule has 0 amide bonds. The highest BCUT2D eigenvalue weighted by Crippen LogP contribution is 2.10. The van der Waals surface area contributed by atoms with Gasteiger partial charge < -0.3 is 10.2 Å². The minimum Gasteiger partial charge on any atom is -0.357 e. The van der Waals surface area contributed by atoms with Crippen molar-refractivity contribution in [2.45, 2.75) is 33.9 Å². The van der Waals surface area contributed by atoms with Crippen molar-refractivity contribution < 1.29 is 0 Å². The zero-order chi connectivity index (χ0) is 15.9. The molecular weight excluding hydrogens is 294 g/mol. The molecule has 22 heavy (non-hydrogen) atoms. The second kappa shape index (κ2) is 7.89. The largest absolute Gasteiger partial charge is 0.357 e. The maximum atomic E-state index is 4.67. The number of hydrogen-bond donors (Lipinski definition) is 1. The Morgan fingerprint density at radius 3 is 2.73 bits per heavy atom. The van der Waals surface area contributed by atoms with Crippen molar-refractivity contribution in [2.75, 3.05) is 13.6 Å². The van der Waals surface area contributed by atoms with E-state index in [1.807, 2.05) is 39.1 Å². The van der Waals surface area contributed by atoms with E-state index >= 15 is 0 Å². The van der Waals surface area contributed by atoms with Crippen LogP contribution in [0.15, 0.2) is 28.6 Å². The van der Waals surface area contributed by atoms with Crippen LogP contribution in [0.2, 0.25) is 0 Å². The van der Waals surface area contributed by atoms with Crippen LogP contribution in [0.1, 0.15) is 29.0 Å². The van der Waals surface area contributed by atoms with Crippen LogP contribution in [0.4, 0.5) is 0 Å². The fourth-order valence-electron chi connectivity index (χ4n) is 2.11. The molecule has 2 aromatic heterocycles. The molecule has 0 aliphatic heterocycles. The molecular formula is C16H23N5S. The lowest BCUT2D eigenvalue weighted by Gasteiger charge is -2.21. The van der Waals surface area contributed by atoms with Gasteiger partial charge in [0, 0.05) is 24.7 Å². The number of thiazole rings is 1. The van der Waals surface area contributed by atoms with Crippen LogP contribution in [0.25, 0.3) is 0 Å². The van der Waals surface area contributed by atoms with Crippen LogP contribution in [0.5, 0.6) is 0 Å². The Labute approximate surface area is 136 Å². The summed E-state index contributed by atoms with van der Waals surface area (Å²) in [5.74, 6) is 0.872. The van der Waals surface area contributed by atoms with Gasteiger partial charge >= 0.3 is 0 Å². The molecule has 0 unspecified atom stereocenters. The number of nitrogens with one attached hydrogen (secondary N) is 1. The van der Waals surface area contributed by atoms with Crippen LogP contribution < -0.4 is 5.32 Å². The van der Waals surface area contributed by atoms with Gasteiger partial charge in [-0.15, -0.1) is 11.3 Å². The van der Waals surface area contributed by atoms with E-state index in [9.17, 15) is 0 Å². The maximum absolute atomic E-state index is 4.67. The number of hydrogen-bond acceptors (Lipinski definition) is 4. The molecule has 5 nitrogen and oxygen atoms in total. The molecule has 0 atom stereocenters. The Morgan fingerprint density at radius 1 is 1.27 bits per heavy atom. The van der Waals surface area contributed by atoms with E-state index in [2.05, 4.69) is 37.5 Å². The summed E-state index contributed by atoms with van der Waals surface area (Å²) >= 11 is 1.68. The summed E-state index contributed by atoms with van der Waals surface area (Å²) in [4.78, 5) is 15.8. The molecule has 0 aliphatic carbocycles. The molecule has 2 heterocycles. The molecule has 0 spiro atoms. The topological polar surface area (TPSA) is 53.4 Å². The molecule has 0 radical (unpaired) electrons. The quantitative estimate of drug-likeness (QED) is 0.680. The first-order chi connectivity index (χ1) is 10.6. The summed E-state index contributed by atoms with van der Waals surface area (Å²) < 4.78 is 0. The second-order valence-corrected chi connectivity index (χ2v) is 6.22. The first-order valence-corrected chi connectivity index (χ1v) is 8.29. The van der Waals surface area contributed by atoms with Gasteiger partial charge in [0.1, 0.15) is 0 Å². The van der Waals surface area contributed by atoms with Crippen molar-refractivity contribution in [3.8, 4) is 0 Å². The van der Waals surface area contributed by atoms with Crippen LogP contribution in [0, 0.1) is 13.8 Å². The number of aliphatic imine (C=N–C) groups is 1. The fourth-order valence-corrected chi connectivity index (χ4v) is 2.72. The second-order valence-electron chi connectivity index (χ2n) is 5.15. The normalized spacial score (nSPS) is 11.5. The van der Waals surface area contributed by atoms with Crippen LogP contribution >= 0.6 is 11.3 Å². The predicted octanol–water partition coefficient (Wildman–Crippen LogP) is 2.75. The third kappa shape index (κ3) is 4.80. The van der Waals surface area contributed by atoms with Crippen molar-refractivity contribution in [3.05, 3.63) is 45.7 Å². The van der Waals surface area contributed by atoms with Gasteiger partial charge in [0.05, 0.1) is 29.5 Å². The SMILES string of the molecule is CCNC(=NCc1cccc(C)n1)N(C)Cc1csc(C)n1. The van der Waals surface area contributed by atoms with Gasteiger partial charge in [-0.05, 0) is 32.9 Å². The Hall–Kier alpha value is -1.95. The molecule has 2 aromatic rings. The number of aryl methyl sites for hydroxylation is 2.